The van der Waals surface area contributed by atoms with Gasteiger partial charge in [0.2, 0.25) is 0 Å². The molecule has 1 saturated heterocycles. The largest absolute Gasteiger partial charge is 0.458 e. The van der Waals surface area contributed by atoms with E-state index in [1.807, 2.05) is 0 Å². The number of esters is 1. The van der Waals surface area contributed by atoms with Crippen molar-refractivity contribution >= 4 is 5.97 Å². The van der Waals surface area contributed by atoms with Gasteiger partial charge in [0, 0.05) is 0 Å². The molecule has 1 fully saturated rings. The van der Waals surface area contributed by atoms with Gasteiger partial charge in [-0.05, 0) is 38.5 Å². The lowest BCUT2D eigenvalue weighted by Crippen LogP contribution is -2.26. The maximum Gasteiger partial charge on any atom is 0.338 e. The van der Waals surface area contributed by atoms with Gasteiger partial charge in [-0.25, -0.2) is 9.18 Å². The number of carbonyl (C=O) groups excluding carboxylic acids is 1. The van der Waals surface area contributed by atoms with Gasteiger partial charge >= 0.3 is 5.97 Å². The van der Waals surface area contributed by atoms with E-state index in [-0.39, 0.29) is 11.9 Å². The predicted octanol–water partition coefficient (Wildman–Crippen LogP) is 2.61. The van der Waals surface area contributed by atoms with Crippen molar-refractivity contribution in [1.29, 1.82) is 0 Å². The fourth-order valence-electron chi connectivity index (χ4n) is 1.59. The SMILES string of the molecule is CC(C)(C)OC(=O)[C@@H]1O[C@@H]1c1cccc(F)c1. The van der Waals surface area contributed by atoms with E-state index in [9.17, 15) is 9.18 Å². The summed E-state index contributed by atoms with van der Waals surface area (Å²) in [4.78, 5) is 11.6. The summed E-state index contributed by atoms with van der Waals surface area (Å²) in [5, 5.41) is 0. The zero-order valence-electron chi connectivity index (χ0n) is 10.1. The van der Waals surface area contributed by atoms with Gasteiger partial charge in [-0.2, -0.15) is 0 Å². The molecular formula is C13H15FO3. The lowest BCUT2D eigenvalue weighted by Gasteiger charge is -2.18. The Bertz CT molecular complexity index is 437. The number of hydrogen-bond acceptors (Lipinski definition) is 3. The van der Waals surface area contributed by atoms with E-state index >= 15 is 0 Å². The predicted molar refractivity (Wildman–Crippen MR) is 59.9 cm³/mol. The Balaban J connectivity index is 1.99. The fourth-order valence-corrected chi connectivity index (χ4v) is 1.59. The van der Waals surface area contributed by atoms with Crippen LogP contribution in [0.1, 0.15) is 32.4 Å². The summed E-state index contributed by atoms with van der Waals surface area (Å²) >= 11 is 0. The van der Waals surface area contributed by atoms with Crippen LogP contribution in [0.5, 0.6) is 0 Å². The molecule has 17 heavy (non-hydrogen) atoms. The second-order valence-electron chi connectivity index (χ2n) is 5.07. The first-order chi connectivity index (χ1) is 7.87. The molecule has 1 aliphatic rings. The van der Waals surface area contributed by atoms with E-state index in [1.54, 1.807) is 32.9 Å². The van der Waals surface area contributed by atoms with E-state index < -0.39 is 17.7 Å². The van der Waals surface area contributed by atoms with E-state index in [0.29, 0.717) is 5.56 Å². The topological polar surface area (TPSA) is 38.8 Å². The molecule has 1 aromatic carbocycles. The second kappa shape index (κ2) is 4.11. The summed E-state index contributed by atoms with van der Waals surface area (Å²) in [6, 6.07) is 6.06. The molecule has 0 aliphatic carbocycles. The van der Waals surface area contributed by atoms with Gasteiger partial charge in [0.25, 0.3) is 0 Å². The first-order valence-corrected chi connectivity index (χ1v) is 5.50. The van der Waals surface area contributed by atoms with Gasteiger partial charge in [-0.3, -0.25) is 0 Å². The first kappa shape index (κ1) is 12.0. The second-order valence-corrected chi connectivity index (χ2v) is 5.07. The lowest BCUT2D eigenvalue weighted by atomic mass is 10.1. The molecule has 4 heteroatoms. The van der Waals surface area contributed by atoms with E-state index in [4.69, 9.17) is 9.47 Å². The van der Waals surface area contributed by atoms with Crippen molar-refractivity contribution in [1.82, 2.24) is 0 Å². The first-order valence-electron chi connectivity index (χ1n) is 5.50. The van der Waals surface area contributed by atoms with Crippen LogP contribution >= 0.6 is 0 Å². The molecule has 3 nitrogen and oxygen atoms in total. The highest BCUT2D eigenvalue weighted by molar-refractivity contribution is 5.78. The molecule has 1 heterocycles. The molecule has 0 saturated carbocycles. The monoisotopic (exact) mass is 238 g/mol. The van der Waals surface area contributed by atoms with E-state index in [2.05, 4.69) is 0 Å². The van der Waals surface area contributed by atoms with Gasteiger partial charge in [0.05, 0.1) is 0 Å². The van der Waals surface area contributed by atoms with Crippen LogP contribution in [0.4, 0.5) is 4.39 Å². The van der Waals surface area contributed by atoms with Crippen LogP contribution in [0.3, 0.4) is 0 Å². The third-order valence-electron chi connectivity index (χ3n) is 2.31. The van der Waals surface area contributed by atoms with Crippen molar-refractivity contribution in [3.8, 4) is 0 Å². The number of hydrogen-bond donors (Lipinski definition) is 0. The van der Waals surface area contributed by atoms with Gasteiger partial charge in [0.15, 0.2) is 6.10 Å². The van der Waals surface area contributed by atoms with Gasteiger partial charge < -0.3 is 9.47 Å². The van der Waals surface area contributed by atoms with E-state index in [1.165, 1.54) is 12.1 Å². The minimum atomic E-state index is -0.601. The molecule has 0 bridgehead atoms. The number of benzene rings is 1. The average Bonchev–Trinajstić information content (AvgIpc) is 2.94. The molecule has 1 aliphatic heterocycles. The minimum absolute atomic E-state index is 0.332. The molecule has 2 atom stereocenters. The molecule has 2 rings (SSSR count). The molecule has 1 aromatic rings. The van der Waals surface area contributed by atoms with Crippen molar-refractivity contribution in [3.63, 3.8) is 0 Å². The minimum Gasteiger partial charge on any atom is -0.458 e. The summed E-state index contributed by atoms with van der Waals surface area (Å²) in [5.74, 6) is -0.729. The molecule has 0 aromatic heterocycles. The zero-order valence-corrected chi connectivity index (χ0v) is 10.1. The Morgan fingerprint density at radius 1 is 1.41 bits per heavy atom. The number of halogens is 1. The third-order valence-corrected chi connectivity index (χ3v) is 2.31. The molecule has 0 amide bonds. The van der Waals surface area contributed by atoms with E-state index in [0.717, 1.165) is 0 Å². The quantitative estimate of drug-likeness (QED) is 0.587. The molecule has 0 radical (unpaired) electrons. The summed E-state index contributed by atoms with van der Waals surface area (Å²) in [6.45, 7) is 5.39. The highest BCUT2D eigenvalue weighted by atomic mass is 19.1. The Morgan fingerprint density at radius 2 is 2.12 bits per heavy atom. The summed E-state index contributed by atoms with van der Waals surface area (Å²) in [7, 11) is 0. The maximum absolute atomic E-state index is 13.0. The van der Waals surface area contributed by atoms with Crippen LogP contribution in [0.25, 0.3) is 0 Å². The highest BCUT2D eigenvalue weighted by Crippen LogP contribution is 2.40. The van der Waals surface area contributed by atoms with Crippen molar-refractivity contribution < 1.29 is 18.7 Å². The smallest absolute Gasteiger partial charge is 0.338 e. The van der Waals surface area contributed by atoms with Gasteiger partial charge in [0.1, 0.15) is 17.5 Å². The zero-order chi connectivity index (χ0) is 12.6. The van der Waals surface area contributed by atoms with Crippen LogP contribution in [0.15, 0.2) is 24.3 Å². The van der Waals surface area contributed by atoms with Crippen molar-refractivity contribution in [3.05, 3.63) is 35.6 Å². The molecule has 0 N–H and O–H groups in total. The standard InChI is InChI=1S/C13H15FO3/c1-13(2,3)17-12(15)11-10(16-11)8-5-4-6-9(14)7-8/h4-7,10-11H,1-3H3/t10-,11-/m1/s1. The van der Waals surface area contributed by atoms with Crippen LogP contribution in [0.2, 0.25) is 0 Å². The Hall–Kier alpha value is -1.42. The Kier molecular flexibility index (Phi) is 2.91. The molecule has 0 unspecified atom stereocenters. The fraction of sp³-hybridized carbons (Fsp3) is 0.462. The van der Waals surface area contributed by atoms with Crippen molar-refractivity contribution in [2.45, 2.75) is 38.6 Å². The molecule has 92 valence electrons. The number of epoxide rings is 1. The average molecular weight is 238 g/mol. The van der Waals surface area contributed by atoms with Crippen LogP contribution in [0, 0.1) is 5.82 Å². The summed E-state index contributed by atoms with van der Waals surface area (Å²) < 4.78 is 23.4. The number of carbonyl (C=O) groups is 1. The van der Waals surface area contributed by atoms with Crippen LogP contribution < -0.4 is 0 Å². The van der Waals surface area contributed by atoms with Gasteiger partial charge in [-0.1, -0.05) is 12.1 Å². The molecule has 0 spiro atoms. The highest BCUT2D eigenvalue weighted by Gasteiger charge is 2.48. The van der Waals surface area contributed by atoms with Crippen molar-refractivity contribution in [2.75, 3.05) is 0 Å². The number of rotatable bonds is 2. The Labute approximate surface area is 99.5 Å². The van der Waals surface area contributed by atoms with Crippen LogP contribution in [-0.2, 0) is 14.3 Å². The van der Waals surface area contributed by atoms with Gasteiger partial charge in [-0.15, -0.1) is 0 Å². The summed E-state index contributed by atoms with van der Waals surface area (Å²) in [6.07, 6.45) is -0.975. The lowest BCUT2D eigenvalue weighted by molar-refractivity contribution is -0.156. The normalized spacial score (nSPS) is 23.3. The third kappa shape index (κ3) is 3.03. The molecular weight excluding hydrogens is 223 g/mol. The summed E-state index contributed by atoms with van der Waals surface area (Å²) in [5.41, 5.74) is 0.135. The van der Waals surface area contributed by atoms with Crippen molar-refractivity contribution in [2.24, 2.45) is 0 Å². The van der Waals surface area contributed by atoms with Crippen LogP contribution in [-0.4, -0.2) is 17.7 Å². The maximum atomic E-state index is 13.0. The number of ether oxygens (including phenoxy) is 2. The Morgan fingerprint density at radius 3 is 2.71 bits per heavy atom.